The summed E-state index contributed by atoms with van der Waals surface area (Å²) in [4.78, 5) is 9.71. The van der Waals surface area contributed by atoms with E-state index in [0.29, 0.717) is 12.1 Å². The molecule has 1 rings (SSSR count). The number of hydrogen-bond acceptors (Lipinski definition) is 2. The predicted molar refractivity (Wildman–Crippen MR) is 57.1 cm³/mol. The Morgan fingerprint density at radius 1 is 1.00 bits per heavy atom. The second-order valence-electron chi connectivity index (χ2n) is 3.64. The van der Waals surface area contributed by atoms with Crippen LogP contribution >= 0.6 is 0 Å². The summed E-state index contributed by atoms with van der Waals surface area (Å²) in [5.41, 5.74) is -3.12. The summed E-state index contributed by atoms with van der Waals surface area (Å²) in [6.45, 7) is 0.760. The van der Waals surface area contributed by atoms with Gasteiger partial charge in [0, 0.05) is 0 Å². The van der Waals surface area contributed by atoms with Crippen molar-refractivity contribution in [1.29, 1.82) is 0 Å². The summed E-state index contributed by atoms with van der Waals surface area (Å²) in [6, 6.07) is 1.17. The topological polar surface area (TPSA) is 26.3 Å². The first kappa shape index (κ1) is 16.1. The molecule has 8 heteroatoms. The van der Waals surface area contributed by atoms with Gasteiger partial charge in [-0.25, -0.2) is 4.79 Å². The van der Waals surface area contributed by atoms with Crippen molar-refractivity contribution in [3.63, 3.8) is 0 Å². The summed E-state index contributed by atoms with van der Waals surface area (Å²) >= 11 is 0. The average molecular weight is 297 g/mol. The normalized spacial score (nSPS) is 12.7. The average Bonchev–Trinajstić information content (AvgIpc) is 2.32. The molecular weight excluding hydrogens is 290 g/mol. The molecule has 0 unspecified atom stereocenters. The second-order valence-corrected chi connectivity index (χ2v) is 3.64. The van der Waals surface area contributed by atoms with Crippen LogP contribution in [0.3, 0.4) is 0 Å². The molecule has 0 heterocycles. The lowest BCUT2D eigenvalue weighted by Gasteiger charge is -2.12. The van der Waals surface area contributed by atoms with Crippen molar-refractivity contribution in [3.05, 3.63) is 41.0 Å². The van der Waals surface area contributed by atoms with Crippen LogP contribution in [-0.4, -0.2) is 13.1 Å². The van der Waals surface area contributed by atoms with Gasteiger partial charge in [0.25, 0.3) is 0 Å². The third-order valence-electron chi connectivity index (χ3n) is 2.16. The molecule has 0 bridgehead atoms. The van der Waals surface area contributed by atoms with Crippen molar-refractivity contribution < 1.29 is 35.9 Å². The highest BCUT2D eigenvalue weighted by atomic mass is 19.4. The molecule has 2 nitrogen and oxygen atoms in total. The minimum atomic E-state index is -4.89. The first-order chi connectivity index (χ1) is 9.14. The summed E-state index contributed by atoms with van der Waals surface area (Å²) in [5, 5.41) is 0. The van der Waals surface area contributed by atoms with Crippen LogP contribution in [0.5, 0.6) is 0 Å². The molecule has 1 aromatic carbocycles. The van der Waals surface area contributed by atoms with Gasteiger partial charge in [-0.2, -0.15) is 26.3 Å². The lowest BCUT2D eigenvalue weighted by Crippen LogP contribution is -2.11. The Morgan fingerprint density at radius 2 is 1.50 bits per heavy atom. The van der Waals surface area contributed by atoms with Gasteiger partial charge < -0.3 is 4.74 Å². The van der Waals surface area contributed by atoms with Gasteiger partial charge in [0.05, 0.1) is 11.1 Å². The van der Waals surface area contributed by atoms with Crippen LogP contribution in [0, 0.1) is 0 Å². The van der Waals surface area contributed by atoms with Crippen molar-refractivity contribution in [2.75, 3.05) is 6.61 Å². The van der Waals surface area contributed by atoms with E-state index in [9.17, 15) is 31.1 Å². The summed E-state index contributed by atoms with van der Waals surface area (Å²) in [6.07, 6.45) is -7.70. The van der Waals surface area contributed by atoms with E-state index in [-0.39, 0.29) is 18.2 Å². The first-order valence-corrected chi connectivity index (χ1v) is 5.09. The van der Waals surface area contributed by atoms with Crippen LogP contribution in [0.15, 0.2) is 24.3 Å². The van der Waals surface area contributed by atoms with E-state index < -0.39 is 23.5 Å². The zero-order valence-electron chi connectivity index (χ0n) is 9.68. The summed E-state index contributed by atoms with van der Waals surface area (Å²) < 4.78 is 79.2. The molecule has 0 N–H and O–H groups in total. The van der Waals surface area contributed by atoms with Gasteiger partial charge in [-0.05, 0) is 29.8 Å². The van der Waals surface area contributed by atoms with Crippen molar-refractivity contribution >= 4 is 12.5 Å². The smallest absolute Gasteiger partial charge is 0.417 e. The van der Waals surface area contributed by atoms with E-state index in [1.165, 1.54) is 0 Å². The highest BCUT2D eigenvalue weighted by Crippen LogP contribution is 2.36. The molecule has 0 atom stereocenters. The van der Waals surface area contributed by atoms with Crippen LogP contribution in [0.4, 0.5) is 26.3 Å². The highest BCUT2D eigenvalue weighted by molar-refractivity contribution is 5.53. The van der Waals surface area contributed by atoms with E-state index >= 15 is 0 Å². The maximum Gasteiger partial charge on any atom is 0.417 e. The molecule has 0 saturated heterocycles. The molecule has 20 heavy (non-hydrogen) atoms. The van der Waals surface area contributed by atoms with Crippen molar-refractivity contribution in [3.8, 4) is 0 Å². The van der Waals surface area contributed by atoms with Crippen LogP contribution < -0.4 is 0 Å². The van der Waals surface area contributed by atoms with Gasteiger partial charge in [0.2, 0.25) is 0 Å². The number of benzene rings is 1. The molecule has 0 amide bonds. The predicted octanol–water partition coefficient (Wildman–Crippen LogP) is 3.82. The van der Waals surface area contributed by atoms with Crippen LogP contribution in [0.25, 0.3) is 6.08 Å². The quantitative estimate of drug-likeness (QED) is 0.624. The van der Waals surface area contributed by atoms with Crippen LogP contribution in [0.1, 0.15) is 16.7 Å². The summed E-state index contributed by atoms with van der Waals surface area (Å²) in [7, 11) is 0. The number of hydrogen-bond donors (Lipinski definition) is 0. The van der Waals surface area contributed by atoms with Crippen LogP contribution in [0.2, 0.25) is 0 Å². The fourth-order valence-electron chi connectivity index (χ4n) is 1.34. The first-order valence-electron chi connectivity index (χ1n) is 5.09. The number of ether oxygens (including phenoxy) is 1. The Hall–Kier alpha value is -1.99. The Morgan fingerprint density at radius 3 is 1.90 bits per heavy atom. The lowest BCUT2D eigenvalue weighted by molar-refractivity contribution is -0.143. The molecule has 0 fully saturated rings. The van der Waals surface area contributed by atoms with Gasteiger partial charge in [-0.3, -0.25) is 0 Å². The monoisotopic (exact) mass is 297 g/mol. The van der Waals surface area contributed by atoms with E-state index in [4.69, 9.17) is 0 Å². The molecule has 1 aromatic rings. The SMILES string of the molecule is O=[C]OCC=Cc1cc(C(F)(F)F)cc(C(F)(F)F)c1. The number of halogens is 6. The van der Waals surface area contributed by atoms with Crippen molar-refractivity contribution in [2.24, 2.45) is 0 Å². The Kier molecular flexibility index (Phi) is 4.80. The molecule has 0 aliphatic rings. The van der Waals surface area contributed by atoms with Crippen molar-refractivity contribution in [1.82, 2.24) is 0 Å². The fourth-order valence-corrected chi connectivity index (χ4v) is 1.34. The molecule has 0 spiro atoms. The van der Waals surface area contributed by atoms with E-state index in [1.54, 1.807) is 0 Å². The molecule has 109 valence electrons. The Bertz CT molecular complexity index is 469. The zero-order valence-corrected chi connectivity index (χ0v) is 9.68. The molecule has 0 aliphatic carbocycles. The lowest BCUT2D eigenvalue weighted by atomic mass is 10.0. The fraction of sp³-hybridized carbons (Fsp3) is 0.250. The second kappa shape index (κ2) is 5.98. The zero-order chi connectivity index (χ0) is 15.4. The molecule has 0 saturated carbocycles. The maximum absolute atomic E-state index is 12.5. The third kappa shape index (κ3) is 4.60. The standard InChI is InChI=1S/C12H7F6O2/c13-11(14,15)9-4-8(2-1-3-20-7-19)5-10(6-9)12(16,17)18/h1-2,4-6H,3H2. The van der Waals surface area contributed by atoms with Gasteiger partial charge in [0.1, 0.15) is 6.61 Å². The van der Waals surface area contributed by atoms with E-state index in [1.807, 2.05) is 0 Å². The van der Waals surface area contributed by atoms with Crippen molar-refractivity contribution in [2.45, 2.75) is 12.4 Å². The van der Waals surface area contributed by atoms with E-state index in [2.05, 4.69) is 4.74 Å². The minimum Gasteiger partial charge on any atom is -0.453 e. The number of alkyl halides is 6. The number of rotatable bonds is 4. The van der Waals surface area contributed by atoms with Gasteiger partial charge in [-0.15, -0.1) is 0 Å². The van der Waals surface area contributed by atoms with Crippen LogP contribution in [-0.2, 0) is 21.9 Å². The van der Waals surface area contributed by atoms with Gasteiger partial charge >= 0.3 is 18.8 Å². The molecule has 1 radical (unpaired) electrons. The third-order valence-corrected chi connectivity index (χ3v) is 2.16. The molecule has 0 aliphatic heterocycles. The largest absolute Gasteiger partial charge is 0.453 e. The summed E-state index contributed by atoms with van der Waals surface area (Å²) in [5.74, 6) is 0. The van der Waals surface area contributed by atoms with E-state index in [0.717, 1.165) is 18.6 Å². The minimum absolute atomic E-state index is 0.0348. The van der Waals surface area contributed by atoms with Gasteiger partial charge in [-0.1, -0.05) is 6.08 Å². The van der Waals surface area contributed by atoms with Gasteiger partial charge in [0.15, 0.2) is 0 Å². The molecule has 0 aromatic heterocycles. The Labute approximate surface area is 109 Å². The molecular formula is C12H7F6O2. The Balaban J connectivity index is 3.17. The number of carbonyl (C=O) groups excluding carboxylic acids is 1. The highest BCUT2D eigenvalue weighted by Gasteiger charge is 2.36. The maximum atomic E-state index is 12.5.